The van der Waals surface area contributed by atoms with E-state index in [-0.39, 0.29) is 16.5 Å². The molecule has 1 saturated carbocycles. The Labute approximate surface area is 158 Å². The molecule has 3 atom stereocenters. The van der Waals surface area contributed by atoms with Crippen LogP contribution in [0.3, 0.4) is 0 Å². The minimum absolute atomic E-state index is 0.0548. The minimum Gasteiger partial charge on any atom is -0.393 e. The lowest BCUT2D eigenvalue weighted by Gasteiger charge is -2.16. The molecule has 0 unspecified atom stereocenters. The fraction of sp³-hybridized carbons (Fsp3) is 0.316. The van der Waals surface area contributed by atoms with E-state index in [1.165, 1.54) is 19.2 Å². The van der Waals surface area contributed by atoms with Crippen LogP contribution in [0.4, 0.5) is 4.39 Å². The first kappa shape index (κ1) is 18.9. The Morgan fingerprint density at radius 3 is 2.46 bits per heavy atom. The number of thiocarbonyl (C=S) groups is 1. The zero-order valence-electron chi connectivity index (χ0n) is 14.5. The highest BCUT2D eigenvalue weighted by Crippen LogP contribution is 2.64. The number of nitrogens with two attached hydrogens (primary N) is 1. The van der Waals surface area contributed by atoms with Gasteiger partial charge in [0.2, 0.25) is 0 Å². The van der Waals surface area contributed by atoms with Gasteiger partial charge in [-0.2, -0.15) is 0 Å². The van der Waals surface area contributed by atoms with E-state index in [2.05, 4.69) is 0 Å². The molecule has 0 radical (unpaired) electrons. The van der Waals surface area contributed by atoms with Crippen molar-refractivity contribution < 1.29 is 17.5 Å². The number of halogens is 1. The number of sulfone groups is 1. The number of methoxy groups -OCH3 is 1. The van der Waals surface area contributed by atoms with Gasteiger partial charge in [0.05, 0.1) is 27.2 Å². The molecular formula is C19H20FNO3S2. The van der Waals surface area contributed by atoms with Crippen LogP contribution in [0.15, 0.2) is 53.4 Å². The molecule has 0 amide bonds. The van der Waals surface area contributed by atoms with Gasteiger partial charge in [-0.05, 0) is 36.8 Å². The third-order valence-corrected chi connectivity index (χ3v) is 7.66. The Morgan fingerprint density at radius 2 is 1.92 bits per heavy atom. The third-order valence-electron chi connectivity index (χ3n) is 4.99. The summed E-state index contributed by atoms with van der Waals surface area (Å²) in [4.78, 5) is 0.262. The number of ether oxygens (including phenoxy) is 1. The Kier molecular flexibility index (Phi) is 4.90. The van der Waals surface area contributed by atoms with Crippen LogP contribution in [0.25, 0.3) is 0 Å². The summed E-state index contributed by atoms with van der Waals surface area (Å²) in [6.45, 7) is 1.94. The maximum absolute atomic E-state index is 13.7. The van der Waals surface area contributed by atoms with Crippen LogP contribution in [-0.2, 0) is 14.6 Å². The molecule has 0 saturated heterocycles. The van der Waals surface area contributed by atoms with E-state index in [0.29, 0.717) is 5.56 Å². The van der Waals surface area contributed by atoms with Crippen molar-refractivity contribution in [2.24, 2.45) is 11.1 Å². The third kappa shape index (κ3) is 2.94. The first-order valence-corrected chi connectivity index (χ1v) is 10.1. The highest BCUT2D eigenvalue weighted by molar-refractivity contribution is 7.92. The van der Waals surface area contributed by atoms with Crippen LogP contribution in [0.1, 0.15) is 17.0 Å². The highest BCUT2D eigenvalue weighted by atomic mass is 32.2. The van der Waals surface area contributed by atoms with Crippen molar-refractivity contribution in [3.63, 3.8) is 0 Å². The molecule has 0 aromatic heterocycles. The number of rotatable bonds is 6. The molecule has 0 heterocycles. The summed E-state index contributed by atoms with van der Waals surface area (Å²) >= 11 is 5.23. The van der Waals surface area contributed by atoms with Crippen LogP contribution in [-0.4, -0.2) is 32.4 Å². The van der Waals surface area contributed by atoms with Crippen LogP contribution in [0.2, 0.25) is 0 Å². The van der Waals surface area contributed by atoms with Crippen LogP contribution in [0.5, 0.6) is 0 Å². The molecule has 2 N–H and O–H groups in total. The minimum atomic E-state index is -3.74. The van der Waals surface area contributed by atoms with E-state index in [4.69, 9.17) is 22.7 Å². The zero-order chi connectivity index (χ0) is 19.1. The second kappa shape index (κ2) is 6.72. The molecule has 138 valence electrons. The summed E-state index contributed by atoms with van der Waals surface area (Å²) in [5, 5.41) is -0.892. The van der Waals surface area contributed by atoms with Gasteiger partial charge < -0.3 is 10.5 Å². The molecular weight excluding hydrogens is 373 g/mol. The van der Waals surface area contributed by atoms with Gasteiger partial charge >= 0.3 is 0 Å². The largest absolute Gasteiger partial charge is 0.393 e. The van der Waals surface area contributed by atoms with Crippen molar-refractivity contribution in [1.29, 1.82) is 0 Å². The summed E-state index contributed by atoms with van der Waals surface area (Å²) in [5.74, 6) is -0.989. The second-order valence-electron chi connectivity index (χ2n) is 6.65. The van der Waals surface area contributed by atoms with Crippen molar-refractivity contribution in [2.45, 2.75) is 23.0 Å². The number of aryl methyl sites for hydroxylation is 1. The number of benzene rings is 2. The van der Waals surface area contributed by atoms with Crippen molar-refractivity contribution in [3.8, 4) is 0 Å². The molecule has 7 heteroatoms. The molecule has 1 aliphatic carbocycles. The molecule has 2 aromatic rings. The smallest absolute Gasteiger partial charge is 0.182 e. The molecule has 26 heavy (non-hydrogen) atoms. The lowest BCUT2D eigenvalue weighted by molar-refractivity contribution is 0.166. The lowest BCUT2D eigenvalue weighted by atomic mass is 10.00. The maximum Gasteiger partial charge on any atom is 0.182 e. The van der Waals surface area contributed by atoms with Gasteiger partial charge in [-0.1, -0.05) is 42.0 Å². The van der Waals surface area contributed by atoms with E-state index < -0.39 is 32.2 Å². The number of hydrogen-bond donors (Lipinski definition) is 1. The molecule has 1 fully saturated rings. The van der Waals surface area contributed by atoms with Crippen LogP contribution >= 0.6 is 12.2 Å². The van der Waals surface area contributed by atoms with Gasteiger partial charge in [-0.25, -0.2) is 12.8 Å². The van der Waals surface area contributed by atoms with Crippen LogP contribution < -0.4 is 5.73 Å². The Hall–Kier alpha value is -1.83. The quantitative estimate of drug-likeness (QED) is 0.764. The van der Waals surface area contributed by atoms with Crippen molar-refractivity contribution in [2.75, 3.05) is 13.7 Å². The van der Waals surface area contributed by atoms with Crippen LogP contribution in [0, 0.1) is 18.2 Å². The molecule has 0 aliphatic heterocycles. The fourth-order valence-electron chi connectivity index (χ4n) is 3.68. The molecule has 3 rings (SSSR count). The van der Waals surface area contributed by atoms with Gasteiger partial charge in [-0.15, -0.1) is 0 Å². The first-order chi connectivity index (χ1) is 12.2. The van der Waals surface area contributed by atoms with E-state index in [1.807, 2.05) is 6.92 Å². The van der Waals surface area contributed by atoms with Gasteiger partial charge in [0, 0.05) is 13.0 Å². The van der Waals surface area contributed by atoms with Gasteiger partial charge in [0.1, 0.15) is 5.82 Å². The van der Waals surface area contributed by atoms with Gasteiger partial charge in [-0.3, -0.25) is 0 Å². The maximum atomic E-state index is 13.7. The summed E-state index contributed by atoms with van der Waals surface area (Å²) < 4.78 is 45.6. The fourth-order valence-corrected chi connectivity index (χ4v) is 6.45. The predicted molar refractivity (Wildman–Crippen MR) is 102 cm³/mol. The Morgan fingerprint density at radius 1 is 1.27 bits per heavy atom. The normalized spacial score (nSPS) is 25.0. The Bertz CT molecular complexity index is 944. The molecule has 4 nitrogen and oxygen atoms in total. The first-order valence-electron chi connectivity index (χ1n) is 8.10. The van der Waals surface area contributed by atoms with E-state index >= 15 is 0 Å². The van der Waals surface area contributed by atoms with E-state index in [0.717, 1.165) is 5.56 Å². The topological polar surface area (TPSA) is 69.4 Å². The monoisotopic (exact) mass is 393 g/mol. The average molecular weight is 394 g/mol. The summed E-state index contributed by atoms with van der Waals surface area (Å²) in [6, 6.07) is 12.5. The predicted octanol–water partition coefficient (Wildman–Crippen LogP) is 2.99. The molecule has 0 bridgehead atoms. The second-order valence-corrected chi connectivity index (χ2v) is 9.16. The number of hydrogen-bond acceptors (Lipinski definition) is 4. The Balaban J connectivity index is 2.13. The molecule has 0 spiro atoms. The highest BCUT2D eigenvalue weighted by Gasteiger charge is 2.73. The van der Waals surface area contributed by atoms with Gasteiger partial charge in [0.25, 0.3) is 0 Å². The van der Waals surface area contributed by atoms with Crippen molar-refractivity contribution in [1.82, 2.24) is 0 Å². The average Bonchev–Trinajstić information content (AvgIpc) is 3.27. The van der Waals surface area contributed by atoms with Crippen molar-refractivity contribution >= 4 is 27.0 Å². The standard InChI is InChI=1S/C19H20FNO3S2/c1-12-6-8-15(9-7-12)26(22,23)17-16(13-4-3-5-14(20)10-13)19(17,11-24-2)18(21)25/h3-10,16-17H,11H2,1-2H3,(H2,21,25)/t16-,17+,19+/m1/s1. The summed E-state index contributed by atoms with van der Waals surface area (Å²) in [6.07, 6.45) is 0. The van der Waals surface area contributed by atoms with E-state index in [9.17, 15) is 12.8 Å². The summed E-state index contributed by atoms with van der Waals surface area (Å²) in [5.41, 5.74) is 6.42. The van der Waals surface area contributed by atoms with Gasteiger partial charge in [0.15, 0.2) is 9.84 Å². The lowest BCUT2D eigenvalue weighted by Crippen LogP contribution is -2.33. The van der Waals surface area contributed by atoms with Crippen molar-refractivity contribution in [3.05, 3.63) is 65.5 Å². The zero-order valence-corrected chi connectivity index (χ0v) is 16.1. The summed E-state index contributed by atoms with van der Waals surface area (Å²) in [7, 11) is -2.27. The van der Waals surface area contributed by atoms with E-state index in [1.54, 1.807) is 36.4 Å². The molecule has 2 aromatic carbocycles. The molecule has 1 aliphatic rings. The SMILES string of the molecule is COC[C@]1(C(N)=S)[C@H](c2cccc(F)c2)[C@@H]1S(=O)(=O)c1ccc(C)cc1.